The fourth-order valence-electron chi connectivity index (χ4n) is 3.27. The molecule has 1 aliphatic heterocycles. The lowest BCUT2D eigenvalue weighted by atomic mass is 9.95. The van der Waals surface area contributed by atoms with Gasteiger partial charge in [0.15, 0.2) is 0 Å². The number of rotatable bonds is 4. The second-order valence-electron chi connectivity index (χ2n) is 6.79. The summed E-state index contributed by atoms with van der Waals surface area (Å²) in [4.78, 5) is 19.7. The molecule has 1 amide bonds. The van der Waals surface area contributed by atoms with Crippen molar-refractivity contribution in [1.82, 2.24) is 10.4 Å². The van der Waals surface area contributed by atoms with Crippen LogP contribution in [-0.4, -0.2) is 24.4 Å². The number of hydroxylamine groups is 1. The zero-order valence-electron chi connectivity index (χ0n) is 15.2. The average molecular weight is 378 g/mol. The van der Waals surface area contributed by atoms with Crippen LogP contribution in [0.3, 0.4) is 0 Å². The number of nitrogens with one attached hydrogen (secondary N) is 1. The zero-order valence-corrected chi connectivity index (χ0v) is 15.2. The number of aryl methyl sites for hydroxylation is 1. The van der Waals surface area contributed by atoms with Gasteiger partial charge in [-0.25, -0.2) is 5.48 Å². The molecule has 0 saturated carbocycles. The maximum atomic E-state index is 13.0. The number of nitrogens with zero attached hydrogens (tertiary/aromatic N) is 1. The first-order valence-corrected chi connectivity index (χ1v) is 8.64. The summed E-state index contributed by atoms with van der Waals surface area (Å²) in [5.74, 6) is -0.704. The largest absolute Gasteiger partial charge is 0.416 e. The molecular weight excluding hydrogens is 357 g/mol. The van der Waals surface area contributed by atoms with Crippen molar-refractivity contribution >= 4 is 5.91 Å². The molecule has 0 atom stereocenters. The van der Waals surface area contributed by atoms with Crippen molar-refractivity contribution in [2.75, 3.05) is 13.6 Å². The molecule has 1 N–H and O–H groups in total. The van der Waals surface area contributed by atoms with Crippen molar-refractivity contribution in [2.45, 2.75) is 32.7 Å². The van der Waals surface area contributed by atoms with Crippen molar-refractivity contribution < 1.29 is 22.8 Å². The molecule has 7 heteroatoms. The van der Waals surface area contributed by atoms with Gasteiger partial charge in [0, 0.05) is 18.7 Å². The molecule has 144 valence electrons. The van der Waals surface area contributed by atoms with E-state index in [4.69, 9.17) is 4.84 Å². The monoisotopic (exact) mass is 378 g/mol. The molecule has 2 aromatic carbocycles. The van der Waals surface area contributed by atoms with Crippen LogP contribution in [0.5, 0.6) is 0 Å². The summed E-state index contributed by atoms with van der Waals surface area (Å²) in [7, 11) is 2.06. The Kier molecular flexibility index (Phi) is 5.53. The lowest BCUT2D eigenvalue weighted by Gasteiger charge is -2.26. The van der Waals surface area contributed by atoms with Gasteiger partial charge >= 0.3 is 6.18 Å². The molecule has 2 aromatic rings. The minimum atomic E-state index is -4.50. The summed E-state index contributed by atoms with van der Waals surface area (Å²) in [6.07, 6.45) is -3.61. The Morgan fingerprint density at radius 2 is 2.04 bits per heavy atom. The van der Waals surface area contributed by atoms with E-state index in [9.17, 15) is 18.0 Å². The van der Waals surface area contributed by atoms with Crippen molar-refractivity contribution in [3.8, 4) is 0 Å². The molecule has 1 aliphatic rings. The summed E-state index contributed by atoms with van der Waals surface area (Å²) in [5.41, 5.74) is 4.81. The Morgan fingerprint density at radius 1 is 1.26 bits per heavy atom. The molecule has 0 unspecified atom stereocenters. The Morgan fingerprint density at radius 3 is 2.78 bits per heavy atom. The average Bonchev–Trinajstić information content (AvgIpc) is 2.60. The summed E-state index contributed by atoms with van der Waals surface area (Å²) in [5, 5.41) is 0. The summed E-state index contributed by atoms with van der Waals surface area (Å²) < 4.78 is 39.0. The lowest BCUT2D eigenvalue weighted by molar-refractivity contribution is -0.138. The minimum absolute atomic E-state index is 0.0702. The predicted molar refractivity (Wildman–Crippen MR) is 94.9 cm³/mol. The highest BCUT2D eigenvalue weighted by atomic mass is 19.4. The van der Waals surface area contributed by atoms with Crippen LogP contribution in [0.2, 0.25) is 0 Å². The fourth-order valence-corrected chi connectivity index (χ4v) is 3.27. The molecule has 27 heavy (non-hydrogen) atoms. The molecule has 0 spiro atoms. The maximum absolute atomic E-state index is 13.0. The highest BCUT2D eigenvalue weighted by Gasteiger charge is 2.33. The van der Waals surface area contributed by atoms with Crippen LogP contribution in [0, 0.1) is 6.92 Å². The molecule has 0 fully saturated rings. The van der Waals surface area contributed by atoms with E-state index in [0.29, 0.717) is 0 Å². The van der Waals surface area contributed by atoms with Crippen molar-refractivity contribution in [1.29, 1.82) is 0 Å². The van der Waals surface area contributed by atoms with E-state index in [1.54, 1.807) is 0 Å². The molecule has 4 nitrogen and oxygen atoms in total. The van der Waals surface area contributed by atoms with E-state index in [-0.39, 0.29) is 17.7 Å². The summed E-state index contributed by atoms with van der Waals surface area (Å²) >= 11 is 0. The molecular formula is C20H21F3N2O2. The third-order valence-corrected chi connectivity index (χ3v) is 4.75. The quantitative estimate of drug-likeness (QED) is 0.822. The number of likely N-dealkylation sites (N-methyl/N-ethyl adjacent to an activating group) is 1. The number of alkyl halides is 3. The first-order valence-electron chi connectivity index (χ1n) is 8.64. The minimum Gasteiger partial charge on any atom is -0.302 e. The van der Waals surface area contributed by atoms with E-state index in [2.05, 4.69) is 23.5 Å². The Hall–Kier alpha value is -2.38. The van der Waals surface area contributed by atoms with E-state index in [1.165, 1.54) is 30.2 Å². The van der Waals surface area contributed by atoms with Gasteiger partial charge in [-0.2, -0.15) is 13.2 Å². The zero-order chi connectivity index (χ0) is 19.6. The fraction of sp³-hybridized carbons (Fsp3) is 0.350. The Balaban J connectivity index is 1.65. The highest BCUT2D eigenvalue weighted by molar-refractivity contribution is 5.93. The third-order valence-electron chi connectivity index (χ3n) is 4.75. The van der Waals surface area contributed by atoms with Gasteiger partial charge in [0.2, 0.25) is 0 Å². The van der Waals surface area contributed by atoms with Gasteiger partial charge in [0.05, 0.1) is 5.56 Å². The number of hydrogen-bond donors (Lipinski definition) is 1. The van der Waals surface area contributed by atoms with Crippen molar-refractivity contribution in [3.63, 3.8) is 0 Å². The SMILES string of the molecule is Cc1ccc(C(=O)NOCc2cccc3c2CCN(C)C3)cc1C(F)(F)F. The standard InChI is InChI=1S/C20H21F3N2O2/c1-13-6-7-14(10-18(13)20(21,22)23)19(26)24-27-12-16-5-3-4-15-11-25(2)9-8-17(15)16/h3-7,10H,8-9,11-12H2,1-2H3,(H,24,26). The number of fused-ring (bicyclic) bond motifs is 1. The van der Waals surface area contributed by atoms with Crippen molar-refractivity contribution in [3.05, 3.63) is 69.8 Å². The number of carbonyl (C=O) groups is 1. The van der Waals surface area contributed by atoms with E-state index in [1.807, 2.05) is 12.1 Å². The van der Waals surface area contributed by atoms with E-state index >= 15 is 0 Å². The number of amides is 1. The Labute approximate surface area is 155 Å². The second-order valence-corrected chi connectivity index (χ2v) is 6.79. The van der Waals surface area contributed by atoms with Gasteiger partial charge in [-0.1, -0.05) is 24.3 Å². The molecule has 1 heterocycles. The van der Waals surface area contributed by atoms with Gasteiger partial charge in [0.25, 0.3) is 5.91 Å². The molecule has 0 aliphatic carbocycles. The number of halogens is 3. The van der Waals surface area contributed by atoms with Crippen LogP contribution in [-0.2, 0) is 30.6 Å². The van der Waals surface area contributed by atoms with Gasteiger partial charge in [-0.3, -0.25) is 9.63 Å². The first-order chi connectivity index (χ1) is 12.8. The smallest absolute Gasteiger partial charge is 0.302 e. The lowest BCUT2D eigenvalue weighted by Crippen LogP contribution is -2.28. The molecule has 0 radical (unpaired) electrons. The second kappa shape index (κ2) is 7.70. The van der Waals surface area contributed by atoms with Gasteiger partial charge in [-0.05, 0) is 54.8 Å². The maximum Gasteiger partial charge on any atom is 0.416 e. The normalized spacial score (nSPS) is 14.7. The number of hydrogen-bond acceptors (Lipinski definition) is 3. The summed E-state index contributed by atoms with van der Waals surface area (Å²) in [6.45, 7) is 3.33. The topological polar surface area (TPSA) is 41.6 Å². The van der Waals surface area contributed by atoms with E-state index in [0.717, 1.165) is 31.1 Å². The van der Waals surface area contributed by atoms with Crippen molar-refractivity contribution in [2.24, 2.45) is 0 Å². The number of carbonyl (C=O) groups excluding carboxylic acids is 1. The molecule has 0 aromatic heterocycles. The Bertz CT molecular complexity index is 850. The predicted octanol–water partition coefficient (Wildman–Crippen LogP) is 3.86. The third kappa shape index (κ3) is 4.48. The highest BCUT2D eigenvalue weighted by Crippen LogP contribution is 2.32. The van der Waals surface area contributed by atoms with Crippen LogP contribution in [0.4, 0.5) is 13.2 Å². The summed E-state index contributed by atoms with van der Waals surface area (Å²) in [6, 6.07) is 9.41. The van der Waals surface area contributed by atoms with Crippen LogP contribution < -0.4 is 5.48 Å². The van der Waals surface area contributed by atoms with Crippen LogP contribution in [0.25, 0.3) is 0 Å². The number of benzene rings is 2. The molecule has 3 rings (SSSR count). The van der Waals surface area contributed by atoms with Gasteiger partial charge in [0.1, 0.15) is 6.61 Å². The van der Waals surface area contributed by atoms with Crippen LogP contribution in [0.15, 0.2) is 36.4 Å². The van der Waals surface area contributed by atoms with Crippen LogP contribution >= 0.6 is 0 Å². The van der Waals surface area contributed by atoms with E-state index < -0.39 is 17.6 Å². The molecule has 0 saturated heterocycles. The molecule has 0 bridgehead atoms. The van der Waals surface area contributed by atoms with Gasteiger partial charge in [-0.15, -0.1) is 0 Å². The first kappa shape index (κ1) is 19.4. The van der Waals surface area contributed by atoms with Gasteiger partial charge < -0.3 is 4.90 Å². The van der Waals surface area contributed by atoms with Crippen LogP contribution in [0.1, 0.15) is 38.2 Å².